The van der Waals surface area contributed by atoms with E-state index in [-0.39, 0.29) is 6.61 Å². The molecule has 20 heavy (non-hydrogen) atoms. The van der Waals surface area contributed by atoms with E-state index in [0.29, 0.717) is 5.75 Å². The highest BCUT2D eigenvalue weighted by molar-refractivity contribution is 5.85. The molecule has 5 heteroatoms. The molecule has 1 amide bonds. The van der Waals surface area contributed by atoms with Crippen LogP contribution < -0.4 is 10.1 Å². The molecule has 2 aromatic rings. The van der Waals surface area contributed by atoms with Crippen LogP contribution >= 0.6 is 0 Å². The van der Waals surface area contributed by atoms with E-state index in [1.807, 2.05) is 36.4 Å². The molecule has 5 nitrogen and oxygen atoms in total. The van der Waals surface area contributed by atoms with E-state index in [4.69, 9.17) is 9.84 Å². The molecule has 0 aliphatic carbocycles. The average Bonchev–Trinajstić information content (AvgIpc) is 2.44. The standard InChI is InChI=1S/C15H15NO4/c1-10(15(18)19)16-14(17)9-20-13-7-6-11-4-2-3-5-12(11)8-13/h2-8,10H,9H2,1H3,(H,16,17)(H,18,19)/t10-/m0/s1. The smallest absolute Gasteiger partial charge is 0.325 e. The summed E-state index contributed by atoms with van der Waals surface area (Å²) >= 11 is 0. The third-order valence-corrected chi connectivity index (χ3v) is 2.84. The largest absolute Gasteiger partial charge is 0.484 e. The van der Waals surface area contributed by atoms with E-state index in [1.54, 1.807) is 6.07 Å². The van der Waals surface area contributed by atoms with Crippen molar-refractivity contribution in [3.63, 3.8) is 0 Å². The molecule has 2 N–H and O–H groups in total. The molecular formula is C15H15NO4. The molecule has 0 aliphatic rings. The highest BCUT2D eigenvalue weighted by atomic mass is 16.5. The Balaban J connectivity index is 1.95. The fourth-order valence-corrected chi connectivity index (χ4v) is 1.75. The second kappa shape index (κ2) is 6.06. The number of hydrogen-bond donors (Lipinski definition) is 2. The first-order chi connectivity index (χ1) is 9.56. The van der Waals surface area contributed by atoms with Gasteiger partial charge in [-0.2, -0.15) is 0 Å². The van der Waals surface area contributed by atoms with Crippen LogP contribution in [0, 0.1) is 0 Å². The van der Waals surface area contributed by atoms with Crippen molar-refractivity contribution in [3.8, 4) is 5.75 Å². The predicted molar refractivity (Wildman–Crippen MR) is 74.7 cm³/mol. The lowest BCUT2D eigenvalue weighted by molar-refractivity contribution is -0.141. The van der Waals surface area contributed by atoms with Crippen LogP contribution in [0.25, 0.3) is 10.8 Å². The maximum absolute atomic E-state index is 11.5. The molecule has 104 valence electrons. The quantitative estimate of drug-likeness (QED) is 0.871. The number of carboxylic acid groups (broad SMARTS) is 1. The van der Waals surface area contributed by atoms with Crippen LogP contribution in [-0.2, 0) is 9.59 Å². The molecule has 0 heterocycles. The lowest BCUT2D eigenvalue weighted by Gasteiger charge is -2.10. The first-order valence-electron chi connectivity index (χ1n) is 6.20. The van der Waals surface area contributed by atoms with Gasteiger partial charge in [0.2, 0.25) is 0 Å². The van der Waals surface area contributed by atoms with Crippen LogP contribution in [0.4, 0.5) is 0 Å². The van der Waals surface area contributed by atoms with Gasteiger partial charge in [0, 0.05) is 0 Å². The Morgan fingerprint density at radius 1 is 1.20 bits per heavy atom. The molecule has 0 spiro atoms. The molecular weight excluding hydrogens is 258 g/mol. The summed E-state index contributed by atoms with van der Waals surface area (Å²) in [5.41, 5.74) is 0. The van der Waals surface area contributed by atoms with Crippen LogP contribution in [0.5, 0.6) is 5.75 Å². The number of carboxylic acids is 1. The number of carbonyl (C=O) groups excluding carboxylic acids is 1. The average molecular weight is 273 g/mol. The summed E-state index contributed by atoms with van der Waals surface area (Å²) in [6, 6.07) is 12.4. The van der Waals surface area contributed by atoms with Crippen molar-refractivity contribution in [2.24, 2.45) is 0 Å². The topological polar surface area (TPSA) is 75.6 Å². The Morgan fingerprint density at radius 2 is 1.90 bits per heavy atom. The van der Waals surface area contributed by atoms with Gasteiger partial charge in [-0.3, -0.25) is 9.59 Å². The number of aliphatic carboxylic acids is 1. The van der Waals surface area contributed by atoms with Crippen LogP contribution in [0.2, 0.25) is 0 Å². The second-order valence-electron chi connectivity index (χ2n) is 4.43. The van der Waals surface area contributed by atoms with Gasteiger partial charge in [-0.25, -0.2) is 0 Å². The van der Waals surface area contributed by atoms with Crippen molar-refractivity contribution in [3.05, 3.63) is 42.5 Å². The van der Waals surface area contributed by atoms with Crippen molar-refractivity contribution in [2.45, 2.75) is 13.0 Å². The number of rotatable bonds is 5. The van der Waals surface area contributed by atoms with Gasteiger partial charge in [0.05, 0.1) is 0 Å². The number of ether oxygens (including phenoxy) is 1. The minimum absolute atomic E-state index is 0.212. The summed E-state index contributed by atoms with van der Waals surface area (Å²) in [6.07, 6.45) is 0. The van der Waals surface area contributed by atoms with E-state index in [1.165, 1.54) is 6.92 Å². The fraction of sp³-hybridized carbons (Fsp3) is 0.200. The van der Waals surface area contributed by atoms with Crippen molar-refractivity contribution in [1.82, 2.24) is 5.32 Å². The zero-order chi connectivity index (χ0) is 14.5. The van der Waals surface area contributed by atoms with Crippen LogP contribution in [-0.4, -0.2) is 29.6 Å². The van der Waals surface area contributed by atoms with E-state index in [9.17, 15) is 9.59 Å². The zero-order valence-corrected chi connectivity index (χ0v) is 11.0. The third kappa shape index (κ3) is 3.47. The Hall–Kier alpha value is -2.56. The van der Waals surface area contributed by atoms with Crippen LogP contribution in [0.1, 0.15) is 6.92 Å². The molecule has 0 saturated heterocycles. The molecule has 2 rings (SSSR count). The highest BCUT2D eigenvalue weighted by Crippen LogP contribution is 2.20. The molecule has 0 saturated carbocycles. The van der Waals surface area contributed by atoms with Crippen molar-refractivity contribution < 1.29 is 19.4 Å². The van der Waals surface area contributed by atoms with Crippen LogP contribution in [0.3, 0.4) is 0 Å². The van der Waals surface area contributed by atoms with Gasteiger partial charge in [0.1, 0.15) is 11.8 Å². The van der Waals surface area contributed by atoms with Crippen molar-refractivity contribution in [2.75, 3.05) is 6.61 Å². The van der Waals surface area contributed by atoms with Gasteiger partial charge >= 0.3 is 5.97 Å². The number of hydrogen-bond acceptors (Lipinski definition) is 3. The SMILES string of the molecule is C[C@H](NC(=O)COc1ccc2ccccc2c1)C(=O)O. The summed E-state index contributed by atoms with van der Waals surface area (Å²) in [5, 5.41) is 13.1. The van der Waals surface area contributed by atoms with Crippen molar-refractivity contribution in [1.29, 1.82) is 0 Å². The number of benzene rings is 2. The number of fused-ring (bicyclic) bond motifs is 1. The summed E-state index contributed by atoms with van der Waals surface area (Å²) in [7, 11) is 0. The molecule has 1 atom stereocenters. The van der Waals surface area contributed by atoms with Crippen molar-refractivity contribution >= 4 is 22.6 Å². The third-order valence-electron chi connectivity index (χ3n) is 2.84. The van der Waals surface area contributed by atoms with E-state index in [2.05, 4.69) is 5.32 Å². The molecule has 0 aliphatic heterocycles. The van der Waals surface area contributed by atoms with E-state index >= 15 is 0 Å². The molecule has 0 fully saturated rings. The highest BCUT2D eigenvalue weighted by Gasteiger charge is 2.14. The van der Waals surface area contributed by atoms with Gasteiger partial charge in [-0.05, 0) is 29.8 Å². The Kier molecular flexibility index (Phi) is 4.20. The second-order valence-corrected chi connectivity index (χ2v) is 4.43. The minimum Gasteiger partial charge on any atom is -0.484 e. The first kappa shape index (κ1) is 13.9. The van der Waals surface area contributed by atoms with Gasteiger partial charge < -0.3 is 15.2 Å². The molecule has 0 unspecified atom stereocenters. The normalized spacial score (nSPS) is 11.8. The maximum atomic E-state index is 11.5. The monoisotopic (exact) mass is 273 g/mol. The number of amides is 1. The summed E-state index contributed by atoms with van der Waals surface area (Å²) in [6.45, 7) is 1.19. The summed E-state index contributed by atoms with van der Waals surface area (Å²) in [4.78, 5) is 22.1. The number of carbonyl (C=O) groups is 2. The van der Waals surface area contributed by atoms with Gasteiger partial charge in [-0.1, -0.05) is 30.3 Å². The van der Waals surface area contributed by atoms with Crippen LogP contribution in [0.15, 0.2) is 42.5 Å². The van der Waals surface area contributed by atoms with Gasteiger partial charge in [0.25, 0.3) is 5.91 Å². The lowest BCUT2D eigenvalue weighted by Crippen LogP contribution is -2.40. The lowest BCUT2D eigenvalue weighted by atomic mass is 10.1. The predicted octanol–water partition coefficient (Wildman–Crippen LogP) is 1.81. The summed E-state index contributed by atoms with van der Waals surface area (Å²) < 4.78 is 5.35. The fourth-order valence-electron chi connectivity index (χ4n) is 1.75. The molecule has 0 radical (unpaired) electrons. The maximum Gasteiger partial charge on any atom is 0.325 e. The van der Waals surface area contributed by atoms with E-state index in [0.717, 1.165) is 10.8 Å². The first-order valence-corrected chi connectivity index (χ1v) is 6.20. The van der Waals surface area contributed by atoms with E-state index < -0.39 is 17.9 Å². The minimum atomic E-state index is -1.08. The number of nitrogens with one attached hydrogen (secondary N) is 1. The van der Waals surface area contributed by atoms with Gasteiger partial charge in [-0.15, -0.1) is 0 Å². The zero-order valence-electron chi connectivity index (χ0n) is 11.0. The molecule has 0 aromatic heterocycles. The molecule has 0 bridgehead atoms. The Bertz CT molecular complexity index is 639. The Labute approximate surface area is 116 Å². The van der Waals surface area contributed by atoms with Gasteiger partial charge in [0.15, 0.2) is 6.61 Å². The Morgan fingerprint density at radius 3 is 2.60 bits per heavy atom. The molecule has 2 aromatic carbocycles. The summed E-state index contributed by atoms with van der Waals surface area (Å²) in [5.74, 6) is -0.973.